The van der Waals surface area contributed by atoms with Crippen LogP contribution >= 0.6 is 0 Å². The topological polar surface area (TPSA) is 96.4 Å². The van der Waals surface area contributed by atoms with E-state index in [9.17, 15) is 14.4 Å². The molecule has 186 valence electrons. The van der Waals surface area contributed by atoms with Gasteiger partial charge in [-0.25, -0.2) is 0 Å². The molecule has 8 nitrogen and oxygen atoms in total. The number of aromatic nitrogens is 2. The Labute approximate surface area is 205 Å². The number of hydrogen-bond donors (Lipinski definition) is 2. The predicted octanol–water partition coefficient (Wildman–Crippen LogP) is 3.70. The number of fused-ring (bicyclic) bond motifs is 1. The minimum absolute atomic E-state index is 0.0651. The normalized spacial score (nSPS) is 15.3. The molecule has 1 atom stereocenters. The molecule has 0 radical (unpaired) electrons. The molecule has 8 heteroatoms. The summed E-state index contributed by atoms with van der Waals surface area (Å²) in [5.41, 5.74) is 3.35. The number of nitrogens with zero attached hydrogens (tertiary/aromatic N) is 2. The molecule has 1 aromatic carbocycles. The maximum Gasteiger partial charge on any atom is 0.256 e. The van der Waals surface area contributed by atoms with Crippen molar-refractivity contribution in [3.63, 3.8) is 0 Å². The van der Waals surface area contributed by atoms with E-state index in [-0.39, 0.29) is 30.0 Å². The molecule has 0 bridgehead atoms. The van der Waals surface area contributed by atoms with Crippen LogP contribution in [0.2, 0.25) is 0 Å². The zero-order chi connectivity index (χ0) is 25.3. The van der Waals surface area contributed by atoms with Crippen molar-refractivity contribution in [3.8, 4) is 5.75 Å². The molecule has 1 fully saturated rings. The monoisotopic (exact) mass is 478 g/mol. The van der Waals surface area contributed by atoms with Crippen LogP contribution in [0.25, 0.3) is 10.9 Å². The highest BCUT2D eigenvalue weighted by Gasteiger charge is 2.29. The third-order valence-electron chi connectivity index (χ3n) is 7.33. The average molecular weight is 479 g/mol. The summed E-state index contributed by atoms with van der Waals surface area (Å²) in [6.45, 7) is 9.19. The van der Waals surface area contributed by atoms with Gasteiger partial charge in [0, 0.05) is 48.3 Å². The number of likely N-dealkylation sites (tertiary alicyclic amines) is 1. The summed E-state index contributed by atoms with van der Waals surface area (Å²) in [5.74, 6) is 0.766. The summed E-state index contributed by atoms with van der Waals surface area (Å²) in [7, 11) is 1.51. The lowest BCUT2D eigenvalue weighted by Gasteiger charge is -2.35. The maximum absolute atomic E-state index is 13.4. The predicted molar refractivity (Wildman–Crippen MR) is 136 cm³/mol. The average Bonchev–Trinajstić information content (AvgIpc) is 3.14. The minimum Gasteiger partial charge on any atom is -0.496 e. The molecule has 1 aliphatic rings. The second-order valence-corrected chi connectivity index (χ2v) is 9.44. The minimum atomic E-state index is -0.271. The molecule has 0 aliphatic carbocycles. The van der Waals surface area contributed by atoms with Crippen molar-refractivity contribution >= 4 is 22.7 Å². The van der Waals surface area contributed by atoms with Crippen molar-refractivity contribution in [2.24, 2.45) is 5.92 Å². The first-order chi connectivity index (χ1) is 16.7. The number of carbonyl (C=O) groups excluding carboxylic acids is 2. The number of pyridine rings is 1. The molecule has 2 aromatic heterocycles. The molecule has 0 saturated carbocycles. The van der Waals surface area contributed by atoms with Crippen LogP contribution in [0.1, 0.15) is 60.0 Å². The Morgan fingerprint density at radius 3 is 2.54 bits per heavy atom. The van der Waals surface area contributed by atoms with Gasteiger partial charge in [-0.05, 0) is 51.7 Å². The Kier molecular flexibility index (Phi) is 7.00. The number of carbonyl (C=O) groups is 2. The third kappa shape index (κ3) is 4.70. The fraction of sp³-hybridized carbons (Fsp3) is 0.444. The number of piperidine rings is 1. The number of ether oxygens (including phenoxy) is 1. The highest BCUT2D eigenvalue weighted by atomic mass is 16.5. The van der Waals surface area contributed by atoms with Crippen LogP contribution in [-0.4, -0.2) is 46.5 Å². The number of nitrogens with one attached hydrogen (secondary N) is 2. The van der Waals surface area contributed by atoms with Crippen molar-refractivity contribution in [3.05, 3.63) is 63.2 Å². The number of para-hydroxylation sites is 1. The SMILES string of the molecule is COc1cc(C)[nH]c(=O)c1CNC(=O)c1c(C)n([C@H](C)C2CCN(C(C)=O)CC2)c2ccccc12. The number of hydrogen-bond acceptors (Lipinski definition) is 4. The molecule has 4 rings (SSSR count). The van der Waals surface area contributed by atoms with E-state index in [1.165, 1.54) is 7.11 Å². The van der Waals surface area contributed by atoms with E-state index in [1.807, 2.05) is 36.1 Å². The molecule has 1 saturated heterocycles. The standard InChI is InChI=1S/C27H34N4O4/c1-16-14-24(35-5)22(26(33)29-16)15-28-27(34)25-18(3)31(23-9-7-6-8-21(23)25)17(2)20-10-12-30(13-11-20)19(4)32/h6-9,14,17,20H,10-13,15H2,1-5H3,(H,28,34)(H,29,33)/t17-/m1/s1. The lowest BCUT2D eigenvalue weighted by atomic mass is 9.90. The van der Waals surface area contributed by atoms with Crippen LogP contribution in [0.3, 0.4) is 0 Å². The number of rotatable bonds is 6. The second kappa shape index (κ2) is 9.98. The Bertz CT molecular complexity index is 1310. The van der Waals surface area contributed by atoms with Crippen molar-refractivity contribution < 1.29 is 14.3 Å². The first-order valence-corrected chi connectivity index (χ1v) is 12.1. The van der Waals surface area contributed by atoms with Gasteiger partial charge in [0.15, 0.2) is 0 Å². The Morgan fingerprint density at radius 2 is 1.89 bits per heavy atom. The van der Waals surface area contributed by atoms with Crippen LogP contribution in [0.4, 0.5) is 0 Å². The van der Waals surface area contributed by atoms with Gasteiger partial charge >= 0.3 is 0 Å². The molecule has 35 heavy (non-hydrogen) atoms. The van der Waals surface area contributed by atoms with Crippen molar-refractivity contribution in [2.75, 3.05) is 20.2 Å². The lowest BCUT2D eigenvalue weighted by molar-refractivity contribution is -0.130. The fourth-order valence-electron chi connectivity index (χ4n) is 5.40. The number of benzene rings is 1. The summed E-state index contributed by atoms with van der Waals surface area (Å²) in [6, 6.07) is 9.87. The summed E-state index contributed by atoms with van der Waals surface area (Å²) in [6.07, 6.45) is 1.87. The van der Waals surface area contributed by atoms with Gasteiger partial charge in [0.25, 0.3) is 11.5 Å². The van der Waals surface area contributed by atoms with Gasteiger partial charge in [-0.3, -0.25) is 14.4 Å². The van der Waals surface area contributed by atoms with E-state index in [0.29, 0.717) is 28.5 Å². The zero-order valence-electron chi connectivity index (χ0n) is 21.1. The number of H-pyrrole nitrogens is 1. The quantitative estimate of drug-likeness (QED) is 0.565. The molecule has 2 N–H and O–H groups in total. The Hall–Kier alpha value is -3.55. The number of aryl methyl sites for hydroxylation is 1. The van der Waals surface area contributed by atoms with Crippen LogP contribution in [0, 0.1) is 19.8 Å². The van der Waals surface area contributed by atoms with Crippen molar-refractivity contribution in [2.45, 2.75) is 53.1 Å². The Balaban J connectivity index is 1.62. The molecule has 3 heterocycles. The molecule has 0 spiro atoms. The first-order valence-electron chi connectivity index (χ1n) is 12.1. The zero-order valence-corrected chi connectivity index (χ0v) is 21.1. The lowest BCUT2D eigenvalue weighted by Crippen LogP contribution is -2.39. The van der Waals surface area contributed by atoms with Crippen LogP contribution in [-0.2, 0) is 11.3 Å². The van der Waals surface area contributed by atoms with E-state index in [4.69, 9.17) is 4.74 Å². The van der Waals surface area contributed by atoms with Gasteiger partial charge in [-0.1, -0.05) is 18.2 Å². The smallest absolute Gasteiger partial charge is 0.256 e. The van der Waals surface area contributed by atoms with Gasteiger partial charge < -0.3 is 24.5 Å². The van der Waals surface area contributed by atoms with Crippen molar-refractivity contribution in [1.82, 2.24) is 19.8 Å². The van der Waals surface area contributed by atoms with Crippen LogP contribution in [0.5, 0.6) is 5.75 Å². The number of aromatic amines is 1. The number of methoxy groups -OCH3 is 1. The summed E-state index contributed by atoms with van der Waals surface area (Å²) >= 11 is 0. The van der Waals surface area contributed by atoms with Crippen LogP contribution < -0.4 is 15.6 Å². The largest absolute Gasteiger partial charge is 0.496 e. The first kappa shape index (κ1) is 24.6. The van der Waals surface area contributed by atoms with E-state index < -0.39 is 0 Å². The van der Waals surface area contributed by atoms with E-state index in [2.05, 4.69) is 21.8 Å². The van der Waals surface area contributed by atoms with Gasteiger partial charge in [0.2, 0.25) is 5.91 Å². The van der Waals surface area contributed by atoms with Gasteiger partial charge in [0.05, 0.1) is 24.8 Å². The molecule has 3 aromatic rings. The Morgan fingerprint density at radius 1 is 1.20 bits per heavy atom. The molecule has 0 unspecified atom stereocenters. The molecule has 1 aliphatic heterocycles. The van der Waals surface area contributed by atoms with Gasteiger partial charge in [-0.15, -0.1) is 0 Å². The highest BCUT2D eigenvalue weighted by molar-refractivity contribution is 6.08. The molecule has 2 amide bonds. The highest BCUT2D eigenvalue weighted by Crippen LogP contribution is 2.35. The van der Waals surface area contributed by atoms with E-state index >= 15 is 0 Å². The second-order valence-electron chi connectivity index (χ2n) is 9.44. The van der Waals surface area contributed by atoms with Crippen LogP contribution in [0.15, 0.2) is 35.1 Å². The van der Waals surface area contributed by atoms with Gasteiger partial charge in [-0.2, -0.15) is 0 Å². The molecular weight excluding hydrogens is 444 g/mol. The third-order valence-corrected chi connectivity index (χ3v) is 7.33. The van der Waals surface area contributed by atoms with Crippen molar-refractivity contribution in [1.29, 1.82) is 0 Å². The summed E-state index contributed by atoms with van der Waals surface area (Å²) in [5, 5.41) is 3.83. The van der Waals surface area contributed by atoms with E-state index in [1.54, 1.807) is 19.9 Å². The van der Waals surface area contributed by atoms with E-state index in [0.717, 1.165) is 42.5 Å². The maximum atomic E-state index is 13.4. The summed E-state index contributed by atoms with van der Waals surface area (Å²) < 4.78 is 7.63. The molecular formula is C27H34N4O4. The van der Waals surface area contributed by atoms with Gasteiger partial charge in [0.1, 0.15) is 5.75 Å². The fourth-order valence-corrected chi connectivity index (χ4v) is 5.40. The summed E-state index contributed by atoms with van der Waals surface area (Å²) in [4.78, 5) is 42.3. The number of amides is 2.